The first-order chi connectivity index (χ1) is 14.1. The van der Waals surface area contributed by atoms with Crippen LogP contribution < -0.4 is 4.31 Å². The highest BCUT2D eigenvalue weighted by molar-refractivity contribution is 7.93. The van der Waals surface area contributed by atoms with Gasteiger partial charge >= 0.3 is 0 Å². The maximum atomic E-state index is 13.5. The topological polar surface area (TPSA) is 75.5 Å². The number of hydrogen-bond donors (Lipinski definition) is 0. The number of sulfonamides is 1. The Bertz CT molecular complexity index is 1100. The largest absolute Gasteiger partial charge is 0.332 e. The molecule has 162 valence electrons. The van der Waals surface area contributed by atoms with E-state index in [0.717, 1.165) is 12.1 Å². The Hall–Kier alpha value is -2.56. The highest BCUT2D eigenvalue weighted by atomic mass is 32.2. The van der Waals surface area contributed by atoms with Crippen molar-refractivity contribution < 1.29 is 26.4 Å². The number of anilines is 1. The molecule has 0 spiro atoms. The fourth-order valence-corrected chi connectivity index (χ4v) is 6.03. The molecule has 0 saturated carbocycles. The summed E-state index contributed by atoms with van der Waals surface area (Å²) in [5, 5.41) is 4.29. The molecule has 2 atom stereocenters. The molecule has 2 aliphatic heterocycles. The molecule has 1 aromatic heterocycles. The Kier molecular flexibility index (Phi) is 5.03. The van der Waals surface area contributed by atoms with Gasteiger partial charge in [-0.1, -0.05) is 0 Å². The van der Waals surface area contributed by atoms with Gasteiger partial charge in [-0.3, -0.25) is 13.8 Å². The summed E-state index contributed by atoms with van der Waals surface area (Å²) in [7, 11) is -3.45. The van der Waals surface area contributed by atoms with Crippen LogP contribution >= 0.6 is 0 Å². The first-order valence-corrected chi connectivity index (χ1v) is 11.2. The number of fused-ring (bicyclic) bond motifs is 1. The van der Waals surface area contributed by atoms with Crippen LogP contribution in [0.4, 0.5) is 18.9 Å². The normalized spacial score (nSPS) is 23.0. The quantitative estimate of drug-likeness (QED) is 0.683. The molecule has 1 fully saturated rings. The van der Waals surface area contributed by atoms with Crippen LogP contribution in [0, 0.1) is 17.5 Å². The molecule has 0 N–H and O–H groups in total. The van der Waals surface area contributed by atoms with Crippen LogP contribution in [0.1, 0.15) is 31.5 Å². The molecular weight excluding hydrogens is 421 g/mol. The third-order valence-electron chi connectivity index (χ3n) is 5.67. The number of benzene rings is 1. The maximum Gasteiger partial charge on any atom is 0.235 e. The SMILES string of the molecule is CC1CCS(=O)(=O)N1c1cnn2c1CN(C(=O)Cc1cc(F)c(F)c(F)c1)[C@@H](C)C2. The van der Waals surface area contributed by atoms with Crippen molar-refractivity contribution in [2.24, 2.45) is 0 Å². The molecule has 0 aliphatic carbocycles. The van der Waals surface area contributed by atoms with E-state index >= 15 is 0 Å². The first-order valence-electron chi connectivity index (χ1n) is 9.58. The second-order valence-electron chi connectivity index (χ2n) is 7.83. The summed E-state index contributed by atoms with van der Waals surface area (Å²) < 4.78 is 68.1. The van der Waals surface area contributed by atoms with Gasteiger partial charge in [0.25, 0.3) is 0 Å². The van der Waals surface area contributed by atoms with Gasteiger partial charge in [0.15, 0.2) is 17.5 Å². The van der Waals surface area contributed by atoms with Gasteiger partial charge in [0.1, 0.15) is 0 Å². The fraction of sp³-hybridized carbons (Fsp3) is 0.474. The number of hydrogen-bond acceptors (Lipinski definition) is 4. The number of halogens is 3. The van der Waals surface area contributed by atoms with Gasteiger partial charge in [0.2, 0.25) is 15.9 Å². The van der Waals surface area contributed by atoms with Crippen molar-refractivity contribution in [3.63, 3.8) is 0 Å². The molecule has 1 saturated heterocycles. The van der Waals surface area contributed by atoms with Gasteiger partial charge in [-0.25, -0.2) is 21.6 Å². The first kappa shape index (κ1) is 20.7. The molecule has 11 heteroatoms. The van der Waals surface area contributed by atoms with Crippen LogP contribution in [0.3, 0.4) is 0 Å². The molecule has 1 aromatic carbocycles. The Morgan fingerprint density at radius 2 is 1.83 bits per heavy atom. The lowest BCUT2D eigenvalue weighted by molar-refractivity contribution is -0.134. The zero-order valence-corrected chi connectivity index (χ0v) is 17.3. The second-order valence-corrected chi connectivity index (χ2v) is 9.79. The van der Waals surface area contributed by atoms with Crippen LogP contribution in [0.15, 0.2) is 18.3 Å². The molecule has 0 bridgehead atoms. The predicted molar refractivity (Wildman–Crippen MR) is 103 cm³/mol. The Morgan fingerprint density at radius 1 is 1.17 bits per heavy atom. The predicted octanol–water partition coefficient (Wildman–Crippen LogP) is 2.20. The van der Waals surface area contributed by atoms with Crippen molar-refractivity contribution in [2.75, 3.05) is 10.1 Å². The summed E-state index contributed by atoms with van der Waals surface area (Å²) in [6, 6.07) is 1.14. The molecule has 2 aliphatic rings. The van der Waals surface area contributed by atoms with Crippen LogP contribution in [-0.4, -0.2) is 46.8 Å². The highest BCUT2D eigenvalue weighted by Crippen LogP contribution is 2.34. The van der Waals surface area contributed by atoms with Gasteiger partial charge < -0.3 is 4.90 Å². The van der Waals surface area contributed by atoms with Crippen molar-refractivity contribution in [1.82, 2.24) is 14.7 Å². The van der Waals surface area contributed by atoms with E-state index in [1.807, 2.05) is 13.8 Å². The molecule has 30 heavy (non-hydrogen) atoms. The molecule has 4 rings (SSSR count). The Morgan fingerprint density at radius 3 is 2.43 bits per heavy atom. The number of carbonyl (C=O) groups excluding carboxylic acids is 1. The van der Waals surface area contributed by atoms with Crippen molar-refractivity contribution in [1.29, 1.82) is 0 Å². The highest BCUT2D eigenvalue weighted by Gasteiger charge is 2.39. The van der Waals surface area contributed by atoms with Crippen LogP contribution in [-0.2, 0) is 34.3 Å². The van der Waals surface area contributed by atoms with Gasteiger partial charge in [0.05, 0.1) is 42.8 Å². The lowest BCUT2D eigenvalue weighted by Crippen LogP contribution is -2.46. The fourth-order valence-electron chi connectivity index (χ4n) is 4.09. The third kappa shape index (κ3) is 3.44. The minimum atomic E-state index is -3.45. The number of carbonyl (C=O) groups is 1. The van der Waals surface area contributed by atoms with Crippen molar-refractivity contribution in [2.45, 2.75) is 51.9 Å². The smallest absolute Gasteiger partial charge is 0.235 e. The lowest BCUT2D eigenvalue weighted by Gasteiger charge is -2.35. The number of amides is 1. The number of rotatable bonds is 3. The Balaban J connectivity index is 1.60. The van der Waals surface area contributed by atoms with Gasteiger partial charge in [-0.2, -0.15) is 5.10 Å². The average Bonchev–Trinajstić information content (AvgIpc) is 3.17. The average molecular weight is 442 g/mol. The van der Waals surface area contributed by atoms with E-state index in [4.69, 9.17) is 0 Å². The van der Waals surface area contributed by atoms with Crippen molar-refractivity contribution >= 4 is 21.6 Å². The lowest BCUT2D eigenvalue weighted by atomic mass is 10.1. The second kappa shape index (κ2) is 7.29. The number of aromatic nitrogens is 2. The van der Waals surface area contributed by atoms with Crippen molar-refractivity contribution in [3.8, 4) is 0 Å². The van der Waals surface area contributed by atoms with E-state index in [-0.39, 0.29) is 36.4 Å². The molecule has 2 aromatic rings. The van der Waals surface area contributed by atoms with Gasteiger partial charge in [0, 0.05) is 12.1 Å². The van der Waals surface area contributed by atoms with Crippen LogP contribution in [0.25, 0.3) is 0 Å². The maximum absolute atomic E-state index is 13.5. The van der Waals surface area contributed by atoms with Gasteiger partial charge in [-0.05, 0) is 38.0 Å². The van der Waals surface area contributed by atoms with Crippen LogP contribution in [0.5, 0.6) is 0 Å². The van der Waals surface area contributed by atoms with E-state index < -0.39 is 33.4 Å². The van der Waals surface area contributed by atoms with E-state index in [0.29, 0.717) is 24.3 Å². The minimum absolute atomic E-state index is 0.0265. The van der Waals surface area contributed by atoms with Crippen LogP contribution in [0.2, 0.25) is 0 Å². The standard InChI is InChI=1S/C19H21F3N4O3S/c1-11-3-4-30(28,29)26(11)16-8-23-25-9-12(2)24(10-17(16)25)18(27)7-13-5-14(20)19(22)15(21)6-13/h5-6,8,11-12H,3-4,7,9-10H2,1-2H3/t11?,12-/m0/s1. The molecule has 3 heterocycles. The summed E-state index contributed by atoms with van der Waals surface area (Å²) >= 11 is 0. The molecular formula is C19H21F3N4O3S. The monoisotopic (exact) mass is 442 g/mol. The zero-order chi connectivity index (χ0) is 21.8. The summed E-state index contributed by atoms with van der Waals surface area (Å²) in [6.07, 6.45) is 1.70. The Labute approximate surface area is 172 Å². The summed E-state index contributed by atoms with van der Waals surface area (Å²) in [5.41, 5.74) is 1.07. The molecule has 7 nitrogen and oxygen atoms in total. The zero-order valence-electron chi connectivity index (χ0n) is 16.5. The van der Waals surface area contributed by atoms with E-state index in [1.165, 1.54) is 15.4 Å². The van der Waals surface area contributed by atoms with E-state index in [9.17, 15) is 26.4 Å². The molecule has 1 unspecified atom stereocenters. The van der Waals surface area contributed by atoms with Crippen molar-refractivity contribution in [3.05, 3.63) is 47.0 Å². The third-order valence-corrected chi connectivity index (χ3v) is 7.57. The summed E-state index contributed by atoms with van der Waals surface area (Å²) in [5.74, 6) is -4.62. The number of nitrogens with zero attached hydrogens (tertiary/aromatic N) is 4. The summed E-state index contributed by atoms with van der Waals surface area (Å²) in [6.45, 7) is 4.10. The minimum Gasteiger partial charge on any atom is -0.332 e. The molecule has 0 radical (unpaired) electrons. The van der Waals surface area contributed by atoms with Gasteiger partial charge in [-0.15, -0.1) is 0 Å². The van der Waals surface area contributed by atoms with E-state index in [2.05, 4.69) is 5.10 Å². The molecule has 1 amide bonds. The van der Waals surface area contributed by atoms with E-state index in [1.54, 1.807) is 4.68 Å². The summed E-state index contributed by atoms with van der Waals surface area (Å²) in [4.78, 5) is 14.4.